The Balaban J connectivity index is 2.78. The number of Topliss-reactive ketones (excluding diaryl/α,β-unsaturated/α-hetero) is 1. The zero-order chi connectivity index (χ0) is 13.8. The highest BCUT2D eigenvalue weighted by Crippen LogP contribution is 2.32. The third-order valence-corrected chi connectivity index (χ3v) is 2.41. The second-order valence-electron chi connectivity index (χ2n) is 3.83. The first-order chi connectivity index (χ1) is 8.30. The van der Waals surface area contributed by atoms with Gasteiger partial charge in [0.05, 0.1) is 12.3 Å². The number of aliphatic carboxylic acids is 1. The standard InChI is InChI=1S/C12H11F3O3/c13-12(14,15)9(7-11(17)18)6-10(16)8-4-2-1-3-5-8/h1-5,9H,6-7H2,(H,17,18)/t9-/m1/s1. The molecule has 1 rings (SSSR count). The molecular formula is C12H11F3O3. The van der Waals surface area contributed by atoms with Crippen molar-refractivity contribution in [1.82, 2.24) is 0 Å². The van der Waals surface area contributed by atoms with Crippen LogP contribution < -0.4 is 0 Å². The molecule has 0 radical (unpaired) electrons. The molecule has 0 amide bonds. The van der Waals surface area contributed by atoms with Gasteiger partial charge in [-0.05, 0) is 0 Å². The lowest BCUT2D eigenvalue weighted by Crippen LogP contribution is -2.28. The minimum absolute atomic E-state index is 0.150. The fraction of sp³-hybridized carbons (Fsp3) is 0.333. The van der Waals surface area contributed by atoms with Gasteiger partial charge in [0.2, 0.25) is 0 Å². The van der Waals surface area contributed by atoms with E-state index in [4.69, 9.17) is 5.11 Å². The van der Waals surface area contributed by atoms with Gasteiger partial charge in [0.25, 0.3) is 0 Å². The molecule has 0 aliphatic carbocycles. The van der Waals surface area contributed by atoms with Gasteiger partial charge in [-0.15, -0.1) is 0 Å². The molecule has 0 saturated carbocycles. The highest BCUT2D eigenvalue weighted by molar-refractivity contribution is 5.96. The summed E-state index contributed by atoms with van der Waals surface area (Å²) in [5.74, 6) is -4.43. The van der Waals surface area contributed by atoms with E-state index in [1.807, 2.05) is 0 Å². The topological polar surface area (TPSA) is 54.4 Å². The van der Waals surface area contributed by atoms with Crippen molar-refractivity contribution in [1.29, 1.82) is 0 Å². The molecule has 0 spiro atoms. The molecule has 1 atom stereocenters. The number of ketones is 1. The van der Waals surface area contributed by atoms with Crippen LogP contribution in [0.4, 0.5) is 13.2 Å². The predicted molar refractivity (Wildman–Crippen MR) is 57.2 cm³/mol. The van der Waals surface area contributed by atoms with E-state index < -0.39 is 36.7 Å². The zero-order valence-electron chi connectivity index (χ0n) is 9.28. The first-order valence-electron chi connectivity index (χ1n) is 5.17. The Morgan fingerprint density at radius 2 is 1.67 bits per heavy atom. The molecule has 0 aliphatic rings. The van der Waals surface area contributed by atoms with Gasteiger partial charge in [0.15, 0.2) is 5.78 Å². The maximum absolute atomic E-state index is 12.5. The van der Waals surface area contributed by atoms with Crippen LogP contribution in [0.25, 0.3) is 0 Å². The first-order valence-corrected chi connectivity index (χ1v) is 5.17. The summed E-state index contributed by atoms with van der Waals surface area (Å²) in [4.78, 5) is 22.0. The SMILES string of the molecule is O=C(O)C[C@@H](CC(=O)c1ccccc1)C(F)(F)F. The number of halogens is 3. The molecular weight excluding hydrogens is 249 g/mol. The summed E-state index contributed by atoms with van der Waals surface area (Å²) in [6.45, 7) is 0. The minimum Gasteiger partial charge on any atom is -0.481 e. The van der Waals surface area contributed by atoms with Crippen molar-refractivity contribution in [2.45, 2.75) is 19.0 Å². The maximum atomic E-state index is 12.5. The number of carboxylic acid groups (broad SMARTS) is 1. The van der Waals surface area contributed by atoms with Crippen LogP contribution in [0.2, 0.25) is 0 Å². The summed E-state index contributed by atoms with van der Waals surface area (Å²) in [5.41, 5.74) is 0.150. The van der Waals surface area contributed by atoms with Crippen LogP contribution >= 0.6 is 0 Å². The Labute approximate surface area is 101 Å². The zero-order valence-corrected chi connectivity index (χ0v) is 9.28. The number of alkyl halides is 3. The molecule has 0 heterocycles. The van der Waals surface area contributed by atoms with Crippen LogP contribution in [0.1, 0.15) is 23.2 Å². The molecule has 18 heavy (non-hydrogen) atoms. The fourth-order valence-corrected chi connectivity index (χ4v) is 1.48. The largest absolute Gasteiger partial charge is 0.481 e. The summed E-state index contributed by atoms with van der Waals surface area (Å²) in [7, 11) is 0. The summed E-state index contributed by atoms with van der Waals surface area (Å²) < 4.78 is 37.6. The molecule has 0 aromatic heterocycles. The smallest absolute Gasteiger partial charge is 0.392 e. The number of carbonyl (C=O) groups is 2. The Bertz CT molecular complexity index is 426. The summed E-state index contributed by atoms with van der Waals surface area (Å²) in [5, 5.41) is 8.42. The lowest BCUT2D eigenvalue weighted by Gasteiger charge is -2.17. The van der Waals surface area contributed by atoms with E-state index in [-0.39, 0.29) is 5.56 Å². The lowest BCUT2D eigenvalue weighted by atomic mass is 9.95. The Morgan fingerprint density at radius 1 is 1.11 bits per heavy atom. The molecule has 3 nitrogen and oxygen atoms in total. The Hall–Kier alpha value is -1.85. The number of benzene rings is 1. The van der Waals surface area contributed by atoms with Crippen molar-refractivity contribution in [3.63, 3.8) is 0 Å². The summed E-state index contributed by atoms with van der Waals surface area (Å²) >= 11 is 0. The third-order valence-electron chi connectivity index (χ3n) is 2.41. The first kappa shape index (κ1) is 14.2. The highest BCUT2D eigenvalue weighted by atomic mass is 19.4. The quantitative estimate of drug-likeness (QED) is 0.828. The minimum atomic E-state index is -4.69. The van der Waals surface area contributed by atoms with Gasteiger partial charge in [-0.3, -0.25) is 9.59 Å². The second-order valence-corrected chi connectivity index (χ2v) is 3.83. The van der Waals surface area contributed by atoms with E-state index in [1.54, 1.807) is 6.07 Å². The molecule has 0 aliphatic heterocycles. The van der Waals surface area contributed by atoms with Crippen molar-refractivity contribution < 1.29 is 27.9 Å². The van der Waals surface area contributed by atoms with Crippen molar-refractivity contribution in [2.24, 2.45) is 5.92 Å². The second kappa shape index (κ2) is 5.66. The number of carbonyl (C=O) groups excluding carboxylic acids is 1. The third kappa shape index (κ3) is 4.20. The number of rotatable bonds is 5. The normalized spacial score (nSPS) is 13.1. The summed E-state index contributed by atoms with van der Waals surface area (Å²) in [6.07, 6.45) is -6.63. The van der Waals surface area contributed by atoms with Gasteiger partial charge in [-0.25, -0.2) is 0 Å². The van der Waals surface area contributed by atoms with E-state index in [0.717, 1.165) is 0 Å². The van der Waals surface area contributed by atoms with E-state index in [9.17, 15) is 22.8 Å². The van der Waals surface area contributed by atoms with Gasteiger partial charge in [-0.2, -0.15) is 13.2 Å². The molecule has 6 heteroatoms. The number of hydrogen-bond donors (Lipinski definition) is 1. The van der Waals surface area contributed by atoms with Crippen LogP contribution in [0.3, 0.4) is 0 Å². The Morgan fingerprint density at radius 3 is 2.11 bits per heavy atom. The molecule has 1 aromatic carbocycles. The molecule has 98 valence electrons. The predicted octanol–water partition coefficient (Wildman–Crippen LogP) is 2.91. The van der Waals surface area contributed by atoms with Crippen molar-refractivity contribution in [3.05, 3.63) is 35.9 Å². The van der Waals surface area contributed by atoms with Crippen LogP contribution in [0, 0.1) is 5.92 Å². The molecule has 0 unspecified atom stereocenters. The van der Waals surface area contributed by atoms with Gasteiger partial charge in [0, 0.05) is 12.0 Å². The fourth-order valence-electron chi connectivity index (χ4n) is 1.48. The lowest BCUT2D eigenvalue weighted by molar-refractivity contribution is -0.182. The molecule has 0 bridgehead atoms. The maximum Gasteiger partial charge on any atom is 0.392 e. The summed E-state index contributed by atoms with van der Waals surface area (Å²) in [6, 6.07) is 7.50. The van der Waals surface area contributed by atoms with E-state index in [0.29, 0.717) is 0 Å². The molecule has 0 saturated heterocycles. The van der Waals surface area contributed by atoms with Crippen LogP contribution in [-0.2, 0) is 4.79 Å². The van der Waals surface area contributed by atoms with E-state index in [2.05, 4.69) is 0 Å². The number of hydrogen-bond acceptors (Lipinski definition) is 2. The molecule has 1 N–H and O–H groups in total. The van der Waals surface area contributed by atoms with Crippen molar-refractivity contribution >= 4 is 11.8 Å². The number of carboxylic acids is 1. The van der Waals surface area contributed by atoms with Crippen molar-refractivity contribution in [3.8, 4) is 0 Å². The van der Waals surface area contributed by atoms with E-state index >= 15 is 0 Å². The molecule has 0 fully saturated rings. The van der Waals surface area contributed by atoms with Gasteiger partial charge in [0.1, 0.15) is 0 Å². The van der Waals surface area contributed by atoms with Crippen LogP contribution in [0.15, 0.2) is 30.3 Å². The Kier molecular flexibility index (Phi) is 4.47. The van der Waals surface area contributed by atoms with Crippen molar-refractivity contribution in [2.75, 3.05) is 0 Å². The highest BCUT2D eigenvalue weighted by Gasteiger charge is 2.42. The van der Waals surface area contributed by atoms with Gasteiger partial charge in [-0.1, -0.05) is 30.3 Å². The average molecular weight is 260 g/mol. The molecule has 1 aromatic rings. The van der Waals surface area contributed by atoms with Gasteiger partial charge >= 0.3 is 12.1 Å². The van der Waals surface area contributed by atoms with Crippen LogP contribution in [-0.4, -0.2) is 23.0 Å². The van der Waals surface area contributed by atoms with Gasteiger partial charge < -0.3 is 5.11 Å². The van der Waals surface area contributed by atoms with E-state index in [1.165, 1.54) is 24.3 Å². The monoisotopic (exact) mass is 260 g/mol. The van der Waals surface area contributed by atoms with Crippen LogP contribution in [0.5, 0.6) is 0 Å². The average Bonchev–Trinajstić information content (AvgIpc) is 2.27.